The minimum atomic E-state index is -0.510. The average Bonchev–Trinajstić information content (AvgIpc) is 2.61. The Morgan fingerprint density at radius 3 is 2.16 bits per heavy atom. The number of aliphatic hydroxyl groups excluding tert-OH is 1. The molecule has 25 heavy (non-hydrogen) atoms. The number of phenolic OH excluding ortho intramolecular Hbond substituents is 2. The number of aromatic hydroxyl groups is 2. The lowest BCUT2D eigenvalue weighted by molar-refractivity contribution is 0.0974. The number of rotatable bonds is 6. The first-order valence-electron chi connectivity index (χ1n) is 7.89. The van der Waals surface area contributed by atoms with Crippen LogP contribution in [0.4, 0.5) is 5.69 Å². The van der Waals surface area contributed by atoms with Crippen LogP contribution in [-0.4, -0.2) is 53.1 Å². The molecule has 7 heteroatoms. The van der Waals surface area contributed by atoms with Gasteiger partial charge in [0, 0.05) is 30.9 Å². The van der Waals surface area contributed by atoms with E-state index in [0.717, 1.165) is 0 Å². The first-order valence-corrected chi connectivity index (χ1v) is 7.89. The molecule has 7 nitrogen and oxygen atoms in total. The number of ketones is 2. The van der Waals surface area contributed by atoms with Crippen LogP contribution in [0.15, 0.2) is 30.3 Å². The van der Waals surface area contributed by atoms with Gasteiger partial charge in [-0.1, -0.05) is 12.1 Å². The molecule has 0 amide bonds. The summed E-state index contributed by atoms with van der Waals surface area (Å²) in [6.45, 7) is 1.55. The van der Waals surface area contributed by atoms with Crippen LogP contribution in [-0.2, 0) is 0 Å². The highest BCUT2D eigenvalue weighted by Crippen LogP contribution is 2.39. The van der Waals surface area contributed by atoms with Crippen molar-refractivity contribution in [2.24, 2.45) is 0 Å². The maximum atomic E-state index is 12.9. The number of benzene rings is 2. The second-order valence-electron chi connectivity index (χ2n) is 5.64. The zero-order valence-corrected chi connectivity index (χ0v) is 13.4. The van der Waals surface area contributed by atoms with Crippen molar-refractivity contribution in [3.8, 4) is 11.5 Å². The molecule has 0 heterocycles. The van der Waals surface area contributed by atoms with Crippen LogP contribution in [0.1, 0.15) is 31.8 Å². The molecule has 0 aliphatic heterocycles. The fraction of sp³-hybridized carbons (Fsp3) is 0.222. The Kier molecular flexibility index (Phi) is 4.69. The van der Waals surface area contributed by atoms with Gasteiger partial charge in [0.15, 0.2) is 11.6 Å². The van der Waals surface area contributed by atoms with Crippen LogP contribution in [0.5, 0.6) is 11.5 Å². The number of nitrogens with one attached hydrogen (secondary N) is 2. The molecule has 1 aliphatic carbocycles. The maximum absolute atomic E-state index is 12.9. The molecule has 5 N–H and O–H groups in total. The number of hydrogen-bond donors (Lipinski definition) is 5. The molecule has 0 saturated carbocycles. The van der Waals surface area contributed by atoms with Gasteiger partial charge in [-0.3, -0.25) is 9.59 Å². The molecule has 0 saturated heterocycles. The van der Waals surface area contributed by atoms with Crippen molar-refractivity contribution in [1.29, 1.82) is 0 Å². The SMILES string of the molecule is O=C1c2cccc(NCCNCCO)c2C(=O)c2c(O)ccc(O)c21. The molecular weight excluding hydrogens is 324 g/mol. The Morgan fingerprint density at radius 2 is 1.48 bits per heavy atom. The summed E-state index contributed by atoms with van der Waals surface area (Å²) < 4.78 is 0. The third-order valence-electron chi connectivity index (χ3n) is 4.06. The summed E-state index contributed by atoms with van der Waals surface area (Å²) in [7, 11) is 0. The highest BCUT2D eigenvalue weighted by Gasteiger charge is 2.35. The second-order valence-corrected chi connectivity index (χ2v) is 5.64. The summed E-state index contributed by atoms with van der Waals surface area (Å²) in [6.07, 6.45) is 0. The molecule has 0 fully saturated rings. The number of phenols is 2. The van der Waals surface area contributed by atoms with Crippen LogP contribution in [0.25, 0.3) is 0 Å². The van der Waals surface area contributed by atoms with E-state index >= 15 is 0 Å². The fourth-order valence-electron chi connectivity index (χ4n) is 2.92. The third-order valence-corrected chi connectivity index (χ3v) is 4.06. The minimum Gasteiger partial charge on any atom is -0.507 e. The van der Waals surface area contributed by atoms with Gasteiger partial charge in [-0.05, 0) is 18.2 Å². The van der Waals surface area contributed by atoms with E-state index < -0.39 is 11.6 Å². The van der Waals surface area contributed by atoms with Crippen molar-refractivity contribution in [2.45, 2.75) is 0 Å². The zero-order chi connectivity index (χ0) is 18.0. The van der Waals surface area contributed by atoms with E-state index in [2.05, 4.69) is 10.6 Å². The van der Waals surface area contributed by atoms with Gasteiger partial charge < -0.3 is 26.0 Å². The molecule has 0 atom stereocenters. The molecule has 1 aliphatic rings. The number of hydrogen-bond acceptors (Lipinski definition) is 7. The van der Waals surface area contributed by atoms with E-state index in [1.54, 1.807) is 12.1 Å². The molecular formula is C18H18N2O5. The van der Waals surface area contributed by atoms with E-state index in [1.807, 2.05) is 0 Å². The number of aliphatic hydroxyl groups is 1. The molecule has 0 bridgehead atoms. The lowest BCUT2D eigenvalue weighted by Gasteiger charge is -2.22. The average molecular weight is 342 g/mol. The van der Waals surface area contributed by atoms with Gasteiger partial charge >= 0.3 is 0 Å². The van der Waals surface area contributed by atoms with Crippen molar-refractivity contribution < 1.29 is 24.9 Å². The quantitative estimate of drug-likeness (QED) is 0.333. The Bertz CT molecular complexity index is 848. The monoisotopic (exact) mass is 342 g/mol. The molecule has 2 aromatic rings. The van der Waals surface area contributed by atoms with Crippen LogP contribution >= 0.6 is 0 Å². The largest absolute Gasteiger partial charge is 0.507 e. The molecule has 0 unspecified atom stereocenters. The minimum absolute atomic E-state index is 0.0350. The van der Waals surface area contributed by atoms with Crippen molar-refractivity contribution in [2.75, 3.05) is 31.6 Å². The van der Waals surface area contributed by atoms with Crippen molar-refractivity contribution in [3.63, 3.8) is 0 Å². The normalized spacial score (nSPS) is 12.7. The van der Waals surface area contributed by atoms with Crippen LogP contribution in [0, 0.1) is 0 Å². The summed E-state index contributed by atoms with van der Waals surface area (Å²) >= 11 is 0. The van der Waals surface area contributed by atoms with Gasteiger partial charge in [0.25, 0.3) is 0 Å². The molecule has 130 valence electrons. The number of fused-ring (bicyclic) bond motifs is 2. The Labute approximate surface area is 143 Å². The highest BCUT2D eigenvalue weighted by atomic mass is 16.3. The zero-order valence-electron chi connectivity index (χ0n) is 13.4. The van der Waals surface area contributed by atoms with E-state index in [4.69, 9.17) is 5.11 Å². The van der Waals surface area contributed by atoms with Crippen LogP contribution in [0.3, 0.4) is 0 Å². The summed E-state index contributed by atoms with van der Waals surface area (Å²) in [5.41, 5.74) is 0.509. The molecule has 2 aromatic carbocycles. The number of carbonyl (C=O) groups is 2. The van der Waals surface area contributed by atoms with Gasteiger partial charge in [-0.15, -0.1) is 0 Å². The summed E-state index contributed by atoms with van der Waals surface area (Å²) in [4.78, 5) is 25.6. The van der Waals surface area contributed by atoms with Gasteiger partial charge in [0.2, 0.25) is 0 Å². The number of carbonyl (C=O) groups excluding carboxylic acids is 2. The number of anilines is 1. The predicted octanol–water partition coefficient (Wildman–Crippen LogP) is 0.867. The van der Waals surface area contributed by atoms with Crippen LogP contribution in [0.2, 0.25) is 0 Å². The molecule has 0 spiro atoms. The van der Waals surface area contributed by atoms with Gasteiger partial charge in [0.1, 0.15) is 11.5 Å². The predicted molar refractivity (Wildman–Crippen MR) is 91.5 cm³/mol. The standard InChI is InChI=1S/C18H18N2O5/c21-9-8-19-6-7-20-11-3-1-2-10-14(11)18(25)16-13(23)5-4-12(22)15(16)17(10)24/h1-5,19-23H,6-9H2. The Balaban J connectivity index is 1.97. The summed E-state index contributed by atoms with van der Waals surface area (Å²) in [5.74, 6) is -1.68. The van der Waals surface area contributed by atoms with Crippen LogP contribution < -0.4 is 10.6 Å². The molecule has 0 aromatic heterocycles. The van der Waals surface area contributed by atoms with E-state index in [9.17, 15) is 19.8 Å². The first-order chi connectivity index (χ1) is 12.1. The van der Waals surface area contributed by atoms with Gasteiger partial charge in [-0.2, -0.15) is 0 Å². The molecule has 3 rings (SSSR count). The fourth-order valence-corrected chi connectivity index (χ4v) is 2.92. The topological polar surface area (TPSA) is 119 Å². The van der Waals surface area contributed by atoms with E-state index in [0.29, 0.717) is 25.3 Å². The lowest BCUT2D eigenvalue weighted by Crippen LogP contribution is -2.27. The first kappa shape index (κ1) is 16.9. The van der Waals surface area contributed by atoms with Crippen molar-refractivity contribution >= 4 is 17.3 Å². The van der Waals surface area contributed by atoms with Gasteiger partial charge in [0.05, 0.1) is 23.3 Å². The van der Waals surface area contributed by atoms with Crippen molar-refractivity contribution in [1.82, 2.24) is 5.32 Å². The molecule has 0 radical (unpaired) electrons. The van der Waals surface area contributed by atoms with E-state index in [1.165, 1.54) is 18.2 Å². The summed E-state index contributed by atoms with van der Waals surface area (Å²) in [6, 6.07) is 7.24. The van der Waals surface area contributed by atoms with Crippen molar-refractivity contribution in [3.05, 3.63) is 52.6 Å². The maximum Gasteiger partial charge on any atom is 0.200 e. The smallest absolute Gasteiger partial charge is 0.200 e. The highest BCUT2D eigenvalue weighted by molar-refractivity contribution is 6.31. The third kappa shape index (κ3) is 2.95. The second kappa shape index (κ2) is 6.92. The van der Waals surface area contributed by atoms with E-state index in [-0.39, 0.29) is 40.4 Å². The van der Waals surface area contributed by atoms with Gasteiger partial charge in [-0.25, -0.2) is 0 Å². The summed E-state index contributed by atoms with van der Waals surface area (Å²) in [5, 5.41) is 34.8. The Morgan fingerprint density at radius 1 is 0.800 bits per heavy atom. The lowest BCUT2D eigenvalue weighted by atomic mass is 9.82. The Hall–Kier alpha value is -2.90.